The second-order valence-corrected chi connectivity index (χ2v) is 6.62. The summed E-state index contributed by atoms with van der Waals surface area (Å²) in [6.07, 6.45) is 0.828. The Kier molecular flexibility index (Phi) is 3.32. The molecule has 0 saturated carbocycles. The molecule has 0 aliphatic carbocycles. The number of nitrogens with two attached hydrogens (primary N) is 1. The van der Waals surface area contributed by atoms with Gasteiger partial charge in [-0.05, 0) is 32.2 Å². The van der Waals surface area contributed by atoms with Crippen LogP contribution in [0.1, 0.15) is 20.8 Å². The maximum absolute atomic E-state index is 12.2. The number of nitrogen functional groups attached to an aromatic ring is 1. The quantitative estimate of drug-likeness (QED) is 0.741. The van der Waals surface area contributed by atoms with Crippen LogP contribution in [-0.4, -0.2) is 31.2 Å². The Bertz CT molecular complexity index is 833. The molecule has 3 rings (SSSR count). The summed E-state index contributed by atoms with van der Waals surface area (Å²) in [5, 5.41) is 1.93. The van der Waals surface area contributed by atoms with Crippen LogP contribution in [0.3, 0.4) is 0 Å². The number of hydrogen-bond donors (Lipinski definition) is 1. The first-order valence-corrected chi connectivity index (χ1v) is 7.51. The third-order valence-corrected chi connectivity index (χ3v) is 3.63. The highest BCUT2D eigenvalue weighted by Crippen LogP contribution is 2.29. The molecule has 0 amide bonds. The van der Waals surface area contributed by atoms with E-state index >= 15 is 0 Å². The maximum atomic E-state index is 12.2. The molecule has 0 aromatic carbocycles. The summed E-state index contributed by atoms with van der Waals surface area (Å²) >= 11 is 1.52. The zero-order valence-electron chi connectivity index (χ0n) is 12.4. The lowest BCUT2D eigenvalue weighted by molar-refractivity contribution is 0.0543. The Morgan fingerprint density at radius 2 is 2.14 bits per heavy atom. The second-order valence-electron chi connectivity index (χ2n) is 5.67. The summed E-state index contributed by atoms with van der Waals surface area (Å²) < 4.78 is 6.59. The highest BCUT2D eigenvalue weighted by atomic mass is 32.1. The first-order valence-electron chi connectivity index (χ1n) is 6.63. The maximum Gasteiger partial charge on any atom is 0.421 e. The molecular weight excluding hydrogens is 302 g/mol. The number of fused-ring (bicyclic) bond motifs is 1. The first kappa shape index (κ1) is 14.5. The minimum Gasteiger partial charge on any atom is -0.443 e. The molecule has 0 atom stereocenters. The Labute approximate surface area is 130 Å². The van der Waals surface area contributed by atoms with Crippen LogP contribution in [0.15, 0.2) is 23.8 Å². The Morgan fingerprint density at radius 3 is 2.77 bits per heavy atom. The largest absolute Gasteiger partial charge is 0.443 e. The number of carbonyl (C=O) groups is 1. The van der Waals surface area contributed by atoms with Crippen molar-refractivity contribution in [1.29, 1.82) is 0 Å². The molecule has 3 heterocycles. The average molecular weight is 317 g/mol. The SMILES string of the molecule is CC(C)(C)OC(=O)n1cnc2c(-c3cccs3)nc(N)nc21. The van der Waals surface area contributed by atoms with Crippen LogP contribution in [-0.2, 0) is 4.74 Å². The molecule has 22 heavy (non-hydrogen) atoms. The third-order valence-electron chi connectivity index (χ3n) is 2.76. The Hall–Kier alpha value is -2.48. The van der Waals surface area contributed by atoms with Crippen LogP contribution in [0.25, 0.3) is 21.7 Å². The number of carbonyl (C=O) groups excluding carboxylic acids is 1. The number of rotatable bonds is 1. The highest BCUT2D eigenvalue weighted by Gasteiger charge is 2.22. The lowest BCUT2D eigenvalue weighted by atomic mass is 10.2. The summed E-state index contributed by atoms with van der Waals surface area (Å²) in [5.74, 6) is 0.0845. The van der Waals surface area contributed by atoms with E-state index in [9.17, 15) is 4.79 Å². The molecular formula is C14H15N5O2S. The molecule has 7 nitrogen and oxygen atoms in total. The van der Waals surface area contributed by atoms with E-state index in [-0.39, 0.29) is 5.95 Å². The van der Waals surface area contributed by atoms with Gasteiger partial charge in [-0.3, -0.25) is 0 Å². The normalized spacial score (nSPS) is 11.8. The zero-order chi connectivity index (χ0) is 15.9. The van der Waals surface area contributed by atoms with Crippen molar-refractivity contribution in [3.8, 4) is 10.6 Å². The van der Waals surface area contributed by atoms with Gasteiger partial charge in [0.2, 0.25) is 5.95 Å². The van der Waals surface area contributed by atoms with Crippen LogP contribution >= 0.6 is 11.3 Å². The molecule has 0 aliphatic rings. The van der Waals surface area contributed by atoms with Gasteiger partial charge < -0.3 is 10.5 Å². The first-order chi connectivity index (χ1) is 10.3. The Balaban J connectivity index is 2.14. The summed E-state index contributed by atoms with van der Waals surface area (Å²) in [6, 6.07) is 3.83. The fourth-order valence-corrected chi connectivity index (χ4v) is 2.66. The van der Waals surface area contributed by atoms with Crippen molar-refractivity contribution in [3.63, 3.8) is 0 Å². The van der Waals surface area contributed by atoms with Crippen LogP contribution in [0.2, 0.25) is 0 Å². The van der Waals surface area contributed by atoms with E-state index in [2.05, 4.69) is 15.0 Å². The van der Waals surface area contributed by atoms with Gasteiger partial charge in [0.25, 0.3) is 0 Å². The van der Waals surface area contributed by atoms with Gasteiger partial charge in [0.05, 0.1) is 4.88 Å². The fraction of sp³-hybridized carbons (Fsp3) is 0.286. The van der Waals surface area contributed by atoms with Gasteiger partial charge in [0.15, 0.2) is 5.65 Å². The molecule has 0 spiro atoms. The minimum atomic E-state index is -0.608. The molecule has 0 radical (unpaired) electrons. The third kappa shape index (κ3) is 2.64. The van der Waals surface area contributed by atoms with Gasteiger partial charge in [0, 0.05) is 0 Å². The summed E-state index contributed by atoms with van der Waals surface area (Å²) in [5.41, 5.74) is 6.63. The molecule has 0 bridgehead atoms. The molecule has 0 unspecified atom stereocenters. The lowest BCUT2D eigenvalue weighted by Gasteiger charge is -2.19. The molecule has 114 valence electrons. The minimum absolute atomic E-state index is 0.0845. The predicted molar refractivity (Wildman–Crippen MR) is 84.7 cm³/mol. The number of aromatic nitrogens is 4. The highest BCUT2D eigenvalue weighted by molar-refractivity contribution is 7.13. The topological polar surface area (TPSA) is 95.9 Å². The van der Waals surface area contributed by atoms with Crippen molar-refractivity contribution in [3.05, 3.63) is 23.8 Å². The van der Waals surface area contributed by atoms with E-state index in [1.54, 1.807) is 20.8 Å². The second kappa shape index (κ2) is 5.06. The van der Waals surface area contributed by atoms with E-state index in [0.717, 1.165) is 4.88 Å². The summed E-state index contributed by atoms with van der Waals surface area (Å²) in [4.78, 5) is 25.8. The number of anilines is 1. The van der Waals surface area contributed by atoms with Crippen LogP contribution < -0.4 is 5.73 Å². The molecule has 8 heteroatoms. The van der Waals surface area contributed by atoms with Crippen LogP contribution in [0, 0.1) is 0 Å². The van der Waals surface area contributed by atoms with E-state index in [1.165, 1.54) is 22.2 Å². The van der Waals surface area contributed by atoms with Crippen molar-refractivity contribution in [2.24, 2.45) is 0 Å². The number of ether oxygens (including phenoxy) is 1. The van der Waals surface area contributed by atoms with Gasteiger partial charge in [-0.15, -0.1) is 11.3 Å². The molecule has 0 aliphatic heterocycles. The molecule has 2 N–H and O–H groups in total. The lowest BCUT2D eigenvalue weighted by Crippen LogP contribution is -2.27. The van der Waals surface area contributed by atoms with Gasteiger partial charge in [-0.2, -0.15) is 4.98 Å². The van der Waals surface area contributed by atoms with E-state index in [1.807, 2.05) is 17.5 Å². The number of nitrogens with zero attached hydrogens (tertiary/aromatic N) is 4. The number of thiophene rings is 1. The van der Waals surface area contributed by atoms with Gasteiger partial charge in [0.1, 0.15) is 23.1 Å². The Morgan fingerprint density at radius 1 is 1.36 bits per heavy atom. The summed E-state index contributed by atoms with van der Waals surface area (Å²) in [6.45, 7) is 5.39. The van der Waals surface area contributed by atoms with Crippen LogP contribution in [0.4, 0.5) is 10.7 Å². The molecule has 3 aromatic rings. The van der Waals surface area contributed by atoms with Crippen molar-refractivity contribution >= 4 is 34.5 Å². The van der Waals surface area contributed by atoms with Crippen molar-refractivity contribution in [1.82, 2.24) is 19.5 Å². The standard InChI is InChI=1S/C14H15N5O2S/c1-14(2,3)21-13(20)19-7-16-10-9(8-5-4-6-22-8)17-12(15)18-11(10)19/h4-7H,1-3H3,(H2,15,17,18). The molecule has 3 aromatic heterocycles. The van der Waals surface area contributed by atoms with E-state index in [0.29, 0.717) is 16.9 Å². The smallest absolute Gasteiger partial charge is 0.421 e. The zero-order valence-corrected chi connectivity index (χ0v) is 13.2. The van der Waals surface area contributed by atoms with Crippen molar-refractivity contribution in [2.45, 2.75) is 26.4 Å². The molecule has 0 fully saturated rings. The van der Waals surface area contributed by atoms with E-state index < -0.39 is 11.7 Å². The van der Waals surface area contributed by atoms with Crippen LogP contribution in [0.5, 0.6) is 0 Å². The van der Waals surface area contributed by atoms with Gasteiger partial charge >= 0.3 is 6.09 Å². The monoisotopic (exact) mass is 317 g/mol. The summed E-state index contributed by atoms with van der Waals surface area (Å²) in [7, 11) is 0. The van der Waals surface area contributed by atoms with Crippen molar-refractivity contribution < 1.29 is 9.53 Å². The predicted octanol–water partition coefficient (Wildman–Crippen LogP) is 2.92. The van der Waals surface area contributed by atoms with E-state index in [4.69, 9.17) is 10.5 Å². The number of hydrogen-bond acceptors (Lipinski definition) is 7. The van der Waals surface area contributed by atoms with Gasteiger partial charge in [-0.1, -0.05) is 6.07 Å². The van der Waals surface area contributed by atoms with Gasteiger partial charge in [-0.25, -0.2) is 19.3 Å². The fourth-order valence-electron chi connectivity index (χ4n) is 1.95. The molecule has 0 saturated heterocycles. The average Bonchev–Trinajstić information content (AvgIpc) is 3.04. The number of imidazole rings is 1. The van der Waals surface area contributed by atoms with Crippen molar-refractivity contribution in [2.75, 3.05) is 5.73 Å².